The number of ether oxygens (including phenoxy) is 1. The third kappa shape index (κ3) is 5.52. The number of carbonyl (C=O) groups is 3. The number of halogens is 1. The highest BCUT2D eigenvalue weighted by atomic mass is 35.5. The van der Waals surface area contributed by atoms with Gasteiger partial charge in [-0.15, -0.1) is 0 Å². The van der Waals surface area contributed by atoms with E-state index in [9.17, 15) is 19.6 Å². The van der Waals surface area contributed by atoms with Crippen molar-refractivity contribution in [2.75, 3.05) is 6.54 Å². The standard InChI is InChI=1S/C23H27ClN4O4/c24-17-3-1-2-16(12-17)23(7-8-23)32-22(31)28-19(10-14-4-5-14)21(30)27-18(13-25)11-15-6-9-26-20(15)29/h1-3,12,14-15,18-19H,4-11H2,(H,26,29)(H,27,30)(H,28,31)/t15-,18-,19-/m0/s1. The molecule has 32 heavy (non-hydrogen) atoms. The van der Waals surface area contributed by atoms with Crippen molar-refractivity contribution in [2.45, 2.75) is 62.6 Å². The van der Waals surface area contributed by atoms with Gasteiger partial charge in [-0.25, -0.2) is 4.79 Å². The van der Waals surface area contributed by atoms with Crippen LogP contribution in [0.1, 0.15) is 50.5 Å². The van der Waals surface area contributed by atoms with E-state index in [4.69, 9.17) is 16.3 Å². The first-order valence-corrected chi connectivity index (χ1v) is 11.5. The van der Waals surface area contributed by atoms with E-state index in [1.54, 1.807) is 12.1 Å². The third-order valence-electron chi connectivity index (χ3n) is 6.37. The number of nitrogens with zero attached hydrogens (tertiary/aromatic N) is 1. The number of hydrogen-bond acceptors (Lipinski definition) is 5. The van der Waals surface area contributed by atoms with Crippen molar-refractivity contribution in [1.82, 2.24) is 16.0 Å². The molecule has 0 unspecified atom stereocenters. The Balaban J connectivity index is 1.36. The summed E-state index contributed by atoms with van der Waals surface area (Å²) in [5.74, 6) is -0.430. The molecule has 3 atom stereocenters. The van der Waals surface area contributed by atoms with E-state index in [2.05, 4.69) is 22.0 Å². The van der Waals surface area contributed by atoms with Crippen LogP contribution in [0.5, 0.6) is 0 Å². The number of hydrogen-bond donors (Lipinski definition) is 3. The SMILES string of the molecule is N#C[C@H](C[C@@H]1CCNC1=O)NC(=O)[C@H](CC1CC1)NC(=O)OC1(c2cccc(Cl)c2)CC1. The van der Waals surface area contributed by atoms with Gasteiger partial charge < -0.3 is 20.7 Å². The van der Waals surface area contributed by atoms with Crippen LogP contribution in [0.15, 0.2) is 24.3 Å². The molecule has 3 fully saturated rings. The molecule has 3 N–H and O–H groups in total. The van der Waals surface area contributed by atoms with Gasteiger partial charge >= 0.3 is 6.09 Å². The smallest absolute Gasteiger partial charge is 0.408 e. The van der Waals surface area contributed by atoms with E-state index in [-0.39, 0.29) is 18.2 Å². The molecule has 1 saturated heterocycles. The van der Waals surface area contributed by atoms with Crippen molar-refractivity contribution in [3.8, 4) is 6.07 Å². The van der Waals surface area contributed by atoms with E-state index in [1.807, 2.05) is 12.1 Å². The molecule has 2 aliphatic carbocycles. The second-order valence-corrected chi connectivity index (χ2v) is 9.41. The first-order chi connectivity index (χ1) is 15.4. The average molecular weight is 459 g/mol. The largest absolute Gasteiger partial charge is 0.438 e. The van der Waals surface area contributed by atoms with Crippen LogP contribution >= 0.6 is 11.6 Å². The molecule has 3 amide bonds. The second kappa shape index (κ2) is 9.37. The molecule has 3 aliphatic rings. The summed E-state index contributed by atoms with van der Waals surface area (Å²) < 4.78 is 5.72. The topological polar surface area (TPSA) is 120 Å². The zero-order valence-corrected chi connectivity index (χ0v) is 18.5. The Hall–Kier alpha value is -2.79. The molecule has 9 heteroatoms. The third-order valence-corrected chi connectivity index (χ3v) is 6.61. The van der Waals surface area contributed by atoms with Gasteiger partial charge in [0.15, 0.2) is 0 Å². The van der Waals surface area contributed by atoms with Gasteiger partial charge in [-0.1, -0.05) is 36.6 Å². The zero-order chi connectivity index (χ0) is 22.7. The van der Waals surface area contributed by atoms with Crippen molar-refractivity contribution in [3.05, 3.63) is 34.9 Å². The summed E-state index contributed by atoms with van der Waals surface area (Å²) in [7, 11) is 0. The molecule has 2 saturated carbocycles. The number of carbonyl (C=O) groups excluding carboxylic acids is 3. The van der Waals surface area contributed by atoms with Crippen molar-refractivity contribution in [3.63, 3.8) is 0 Å². The maximum Gasteiger partial charge on any atom is 0.408 e. The second-order valence-electron chi connectivity index (χ2n) is 8.97. The Labute approximate surface area is 192 Å². The van der Waals surface area contributed by atoms with E-state index >= 15 is 0 Å². The molecule has 170 valence electrons. The zero-order valence-electron chi connectivity index (χ0n) is 17.7. The van der Waals surface area contributed by atoms with Gasteiger partial charge in [0.1, 0.15) is 17.7 Å². The molecule has 0 aromatic heterocycles. The van der Waals surface area contributed by atoms with E-state index in [0.29, 0.717) is 43.2 Å². The minimum absolute atomic E-state index is 0.0912. The average Bonchev–Trinajstić information content (AvgIpc) is 3.68. The van der Waals surface area contributed by atoms with Crippen molar-refractivity contribution >= 4 is 29.5 Å². The number of nitrogens with one attached hydrogen (secondary N) is 3. The summed E-state index contributed by atoms with van der Waals surface area (Å²) in [6, 6.07) is 7.71. The molecule has 4 rings (SSSR count). The van der Waals surface area contributed by atoms with Crippen molar-refractivity contribution in [1.29, 1.82) is 5.26 Å². The van der Waals surface area contributed by atoms with Crippen LogP contribution in [0.4, 0.5) is 4.79 Å². The fourth-order valence-electron chi connectivity index (χ4n) is 4.17. The van der Waals surface area contributed by atoms with E-state index in [1.165, 1.54) is 0 Å². The Morgan fingerprint density at radius 2 is 2.03 bits per heavy atom. The molecule has 0 spiro atoms. The highest BCUT2D eigenvalue weighted by molar-refractivity contribution is 6.30. The monoisotopic (exact) mass is 458 g/mol. The first-order valence-electron chi connectivity index (χ1n) is 11.1. The van der Waals surface area contributed by atoms with Gasteiger partial charge in [0.25, 0.3) is 0 Å². The van der Waals surface area contributed by atoms with E-state index in [0.717, 1.165) is 18.4 Å². The quantitative estimate of drug-likeness (QED) is 0.525. The van der Waals surface area contributed by atoms with Gasteiger partial charge in [0, 0.05) is 17.5 Å². The lowest BCUT2D eigenvalue weighted by Gasteiger charge is -2.23. The summed E-state index contributed by atoms with van der Waals surface area (Å²) in [5.41, 5.74) is 0.128. The molecule has 1 aromatic rings. The molecule has 1 aromatic carbocycles. The summed E-state index contributed by atoms with van der Waals surface area (Å²) in [6.07, 6.45) is 4.15. The molecule has 0 radical (unpaired) electrons. The number of amides is 3. The Morgan fingerprint density at radius 1 is 1.25 bits per heavy atom. The molecule has 0 bridgehead atoms. The van der Waals surface area contributed by atoms with Crippen LogP contribution in [0.3, 0.4) is 0 Å². The lowest BCUT2D eigenvalue weighted by Crippen LogP contribution is -2.50. The van der Waals surface area contributed by atoms with Crippen LogP contribution < -0.4 is 16.0 Å². The lowest BCUT2D eigenvalue weighted by molar-refractivity contribution is -0.125. The fraction of sp³-hybridized carbons (Fsp3) is 0.565. The van der Waals surface area contributed by atoms with Crippen molar-refractivity contribution < 1.29 is 19.1 Å². The predicted molar refractivity (Wildman–Crippen MR) is 116 cm³/mol. The Bertz CT molecular complexity index is 938. The maximum atomic E-state index is 12.9. The van der Waals surface area contributed by atoms with Gasteiger partial charge in [-0.3, -0.25) is 9.59 Å². The van der Waals surface area contributed by atoms with E-state index < -0.39 is 29.7 Å². The minimum Gasteiger partial charge on any atom is -0.438 e. The number of rotatable bonds is 9. The molecule has 1 aliphatic heterocycles. The highest BCUT2D eigenvalue weighted by Crippen LogP contribution is 2.49. The summed E-state index contributed by atoms with van der Waals surface area (Å²) in [6.45, 7) is 0.585. The van der Waals surface area contributed by atoms with Gasteiger partial charge in [-0.05, 0) is 55.7 Å². The van der Waals surface area contributed by atoms with Crippen molar-refractivity contribution in [2.24, 2.45) is 11.8 Å². The van der Waals surface area contributed by atoms with Crippen LogP contribution in [0.2, 0.25) is 5.02 Å². The Kier molecular flexibility index (Phi) is 6.56. The highest BCUT2D eigenvalue weighted by Gasteiger charge is 2.49. The molecule has 1 heterocycles. The summed E-state index contributed by atoms with van der Waals surface area (Å²) in [4.78, 5) is 37.4. The molecular formula is C23H27ClN4O4. The normalized spacial score (nSPS) is 22.8. The number of benzene rings is 1. The maximum absolute atomic E-state index is 12.9. The van der Waals surface area contributed by atoms with Gasteiger partial charge in [-0.2, -0.15) is 5.26 Å². The first kappa shape index (κ1) is 22.4. The van der Waals surface area contributed by atoms with Crippen LogP contribution in [0.25, 0.3) is 0 Å². The molecule has 8 nitrogen and oxygen atoms in total. The molecular weight excluding hydrogens is 432 g/mol. The number of alkyl carbamates (subject to hydrolysis) is 1. The lowest BCUT2D eigenvalue weighted by atomic mass is 9.98. The Morgan fingerprint density at radius 3 is 2.62 bits per heavy atom. The summed E-state index contributed by atoms with van der Waals surface area (Å²) in [5, 5.41) is 18.2. The van der Waals surface area contributed by atoms with Gasteiger partial charge in [0.05, 0.1) is 6.07 Å². The van der Waals surface area contributed by atoms with Gasteiger partial charge in [0.2, 0.25) is 11.8 Å². The fourth-order valence-corrected chi connectivity index (χ4v) is 4.36. The van der Waals surface area contributed by atoms with Crippen LogP contribution in [0, 0.1) is 23.2 Å². The van der Waals surface area contributed by atoms with Crippen LogP contribution in [-0.4, -0.2) is 36.5 Å². The number of nitriles is 1. The minimum atomic E-state index is -0.794. The van der Waals surface area contributed by atoms with Crippen LogP contribution in [-0.2, 0) is 19.9 Å². The predicted octanol–water partition coefficient (Wildman–Crippen LogP) is 2.76. The summed E-state index contributed by atoms with van der Waals surface area (Å²) >= 11 is 6.08.